The molecule has 0 radical (unpaired) electrons. The number of hydrogen-bond acceptors (Lipinski definition) is 5. The fourth-order valence-electron chi connectivity index (χ4n) is 5.35. The summed E-state index contributed by atoms with van der Waals surface area (Å²) in [6.07, 6.45) is 4.32. The Hall–Kier alpha value is -4.04. The van der Waals surface area contributed by atoms with Gasteiger partial charge >= 0.3 is 0 Å². The van der Waals surface area contributed by atoms with E-state index in [-0.39, 0.29) is 17.7 Å². The summed E-state index contributed by atoms with van der Waals surface area (Å²) >= 11 is 1.54. The third-order valence-electron chi connectivity index (χ3n) is 7.41. The van der Waals surface area contributed by atoms with E-state index in [1.807, 2.05) is 60.5 Å². The lowest BCUT2D eigenvalue weighted by atomic mass is 9.89. The van der Waals surface area contributed by atoms with Gasteiger partial charge in [-0.3, -0.25) is 14.6 Å². The van der Waals surface area contributed by atoms with Crippen LogP contribution in [-0.2, 0) is 6.42 Å². The van der Waals surface area contributed by atoms with Crippen LogP contribution in [0.3, 0.4) is 0 Å². The molecule has 0 bridgehead atoms. The first-order valence-electron chi connectivity index (χ1n) is 13.0. The van der Waals surface area contributed by atoms with Crippen molar-refractivity contribution in [2.45, 2.75) is 32.1 Å². The van der Waals surface area contributed by atoms with Crippen molar-refractivity contribution < 1.29 is 9.59 Å². The Kier molecular flexibility index (Phi) is 6.64. The smallest absolute Gasteiger partial charge is 0.253 e. The first-order valence-corrected chi connectivity index (χ1v) is 13.9. The number of nitrogens with zero attached hydrogens (tertiary/aromatic N) is 3. The van der Waals surface area contributed by atoms with Crippen LogP contribution < -0.4 is 5.32 Å². The van der Waals surface area contributed by atoms with Gasteiger partial charge in [0.15, 0.2) is 0 Å². The van der Waals surface area contributed by atoms with Crippen molar-refractivity contribution in [2.75, 3.05) is 19.6 Å². The predicted octanol–water partition coefficient (Wildman–Crippen LogP) is 5.47. The van der Waals surface area contributed by atoms with Crippen LogP contribution in [0.4, 0.5) is 0 Å². The first-order chi connectivity index (χ1) is 18.6. The summed E-state index contributed by atoms with van der Waals surface area (Å²) in [7, 11) is 0. The number of carbonyl (C=O) groups is 2. The molecule has 3 aromatic heterocycles. The summed E-state index contributed by atoms with van der Waals surface area (Å²) in [5, 5.41) is 4.29. The second kappa shape index (κ2) is 10.4. The van der Waals surface area contributed by atoms with Gasteiger partial charge in [-0.25, -0.2) is 4.98 Å². The lowest BCUT2D eigenvalue weighted by Crippen LogP contribution is -2.38. The van der Waals surface area contributed by atoms with Crippen molar-refractivity contribution in [3.63, 3.8) is 0 Å². The van der Waals surface area contributed by atoms with Gasteiger partial charge in [-0.2, -0.15) is 0 Å². The molecule has 1 aliphatic heterocycles. The van der Waals surface area contributed by atoms with Gasteiger partial charge in [0, 0.05) is 53.9 Å². The minimum Gasteiger partial charge on any atom is -0.361 e. The van der Waals surface area contributed by atoms with Crippen molar-refractivity contribution in [3.8, 4) is 0 Å². The van der Waals surface area contributed by atoms with Gasteiger partial charge in [-0.05, 0) is 68.1 Å². The van der Waals surface area contributed by atoms with Gasteiger partial charge in [0.1, 0.15) is 0 Å². The third kappa shape index (κ3) is 4.79. The molecule has 1 fully saturated rings. The number of fused-ring (bicyclic) bond motifs is 2. The molecule has 0 atom stereocenters. The maximum Gasteiger partial charge on any atom is 0.253 e. The lowest BCUT2D eigenvalue weighted by molar-refractivity contribution is 0.0710. The Morgan fingerprint density at radius 3 is 2.82 bits per heavy atom. The Labute approximate surface area is 224 Å². The molecule has 0 aliphatic carbocycles. The van der Waals surface area contributed by atoms with E-state index in [0.717, 1.165) is 46.4 Å². The number of H-pyrrole nitrogens is 1. The molecular formula is C30H29N5O2S. The van der Waals surface area contributed by atoms with E-state index in [2.05, 4.69) is 27.4 Å². The molecule has 8 heteroatoms. The van der Waals surface area contributed by atoms with Gasteiger partial charge in [0.2, 0.25) is 0 Å². The number of rotatable bonds is 6. The predicted molar refractivity (Wildman–Crippen MR) is 151 cm³/mol. The van der Waals surface area contributed by atoms with E-state index >= 15 is 0 Å². The highest BCUT2D eigenvalue weighted by molar-refractivity contribution is 7.16. The number of pyridine rings is 1. The van der Waals surface area contributed by atoms with Gasteiger partial charge in [0.25, 0.3) is 11.8 Å². The number of aromatic nitrogens is 3. The minimum atomic E-state index is -0.0938. The summed E-state index contributed by atoms with van der Waals surface area (Å²) in [4.78, 5) is 40.7. The van der Waals surface area contributed by atoms with Crippen molar-refractivity contribution in [1.29, 1.82) is 0 Å². The topological polar surface area (TPSA) is 91.0 Å². The molecule has 7 nitrogen and oxygen atoms in total. The number of carbonyl (C=O) groups excluding carboxylic acids is 2. The fourth-order valence-corrected chi connectivity index (χ4v) is 6.07. The van der Waals surface area contributed by atoms with Crippen LogP contribution in [0.15, 0.2) is 66.3 Å². The monoisotopic (exact) mass is 523 g/mol. The van der Waals surface area contributed by atoms with E-state index < -0.39 is 0 Å². The standard InChI is InChI=1S/C30H29N5O2S/c1-19-6-8-24(29(36)31-13-10-22-17-32-25-5-3-2-4-23(22)25)28(34-19)20-11-14-35(15-12-20)30(37)21-7-9-26-27(16-21)38-18-33-26/h2-9,16-18,20,32H,10-15H2,1H3,(H,31,36). The zero-order chi connectivity index (χ0) is 26.1. The Morgan fingerprint density at radius 2 is 1.95 bits per heavy atom. The van der Waals surface area contributed by atoms with Crippen LogP contribution in [0, 0.1) is 6.92 Å². The first kappa shape index (κ1) is 24.3. The second-order valence-electron chi connectivity index (χ2n) is 9.85. The van der Waals surface area contributed by atoms with Gasteiger partial charge in [-0.15, -0.1) is 11.3 Å². The molecular weight excluding hydrogens is 494 g/mol. The molecule has 5 aromatic rings. The number of likely N-dealkylation sites (tertiary alicyclic amines) is 1. The van der Waals surface area contributed by atoms with Crippen LogP contribution in [0.25, 0.3) is 21.1 Å². The van der Waals surface area contributed by atoms with E-state index in [1.54, 1.807) is 16.8 Å². The third-order valence-corrected chi connectivity index (χ3v) is 8.20. The van der Waals surface area contributed by atoms with Crippen molar-refractivity contribution in [3.05, 3.63) is 94.4 Å². The molecule has 2 N–H and O–H groups in total. The van der Waals surface area contributed by atoms with Crippen molar-refractivity contribution >= 4 is 44.3 Å². The number of thiazole rings is 1. The summed E-state index contributed by atoms with van der Waals surface area (Å²) in [5.74, 6) is 0.0900. The highest BCUT2D eigenvalue weighted by atomic mass is 32.1. The summed E-state index contributed by atoms with van der Waals surface area (Å²) in [6.45, 7) is 3.78. The van der Waals surface area contributed by atoms with Gasteiger partial charge < -0.3 is 15.2 Å². The molecule has 1 aliphatic rings. The average Bonchev–Trinajstić information content (AvgIpc) is 3.59. The molecule has 6 rings (SSSR count). The van der Waals surface area contributed by atoms with Crippen LogP contribution in [0.5, 0.6) is 0 Å². The number of amides is 2. The van der Waals surface area contributed by atoms with E-state index in [1.165, 1.54) is 10.9 Å². The normalized spacial score (nSPS) is 14.3. The molecule has 4 heterocycles. The van der Waals surface area contributed by atoms with Crippen LogP contribution >= 0.6 is 11.3 Å². The number of nitrogens with one attached hydrogen (secondary N) is 2. The number of piperidine rings is 1. The lowest BCUT2D eigenvalue weighted by Gasteiger charge is -2.32. The Balaban J connectivity index is 1.11. The van der Waals surface area contributed by atoms with Crippen LogP contribution in [0.1, 0.15) is 56.4 Å². The zero-order valence-electron chi connectivity index (χ0n) is 21.2. The molecule has 0 spiro atoms. The maximum atomic E-state index is 13.2. The van der Waals surface area contributed by atoms with Crippen LogP contribution in [0.2, 0.25) is 0 Å². The van der Waals surface area contributed by atoms with E-state index in [9.17, 15) is 9.59 Å². The van der Waals surface area contributed by atoms with Gasteiger partial charge in [-0.1, -0.05) is 18.2 Å². The molecule has 1 saturated heterocycles. The quantitative estimate of drug-likeness (QED) is 0.309. The number of benzene rings is 2. The van der Waals surface area contributed by atoms with Crippen LogP contribution in [-0.4, -0.2) is 51.3 Å². The summed E-state index contributed by atoms with van der Waals surface area (Å²) in [5.41, 5.74) is 8.08. The molecule has 0 saturated carbocycles. The van der Waals surface area contributed by atoms with Crippen molar-refractivity contribution in [1.82, 2.24) is 25.2 Å². The number of aryl methyl sites for hydroxylation is 1. The molecule has 2 aromatic carbocycles. The van der Waals surface area contributed by atoms with E-state index in [4.69, 9.17) is 4.98 Å². The number of aromatic amines is 1. The van der Waals surface area contributed by atoms with Crippen molar-refractivity contribution in [2.24, 2.45) is 0 Å². The molecule has 192 valence electrons. The summed E-state index contributed by atoms with van der Waals surface area (Å²) < 4.78 is 1.02. The number of para-hydroxylation sites is 1. The molecule has 0 unspecified atom stereocenters. The SMILES string of the molecule is Cc1ccc(C(=O)NCCc2c[nH]c3ccccc23)c(C2CCN(C(=O)c3ccc4ncsc4c3)CC2)n1. The minimum absolute atomic E-state index is 0.0474. The van der Waals surface area contributed by atoms with Gasteiger partial charge in [0.05, 0.1) is 27.0 Å². The highest BCUT2D eigenvalue weighted by Crippen LogP contribution is 2.31. The maximum absolute atomic E-state index is 13.2. The highest BCUT2D eigenvalue weighted by Gasteiger charge is 2.28. The Morgan fingerprint density at radius 1 is 1.11 bits per heavy atom. The zero-order valence-corrected chi connectivity index (χ0v) is 22.1. The second-order valence-corrected chi connectivity index (χ2v) is 10.7. The fraction of sp³-hybridized carbons (Fsp3) is 0.267. The van der Waals surface area contributed by atoms with E-state index in [0.29, 0.717) is 30.8 Å². The average molecular weight is 524 g/mol. The molecule has 38 heavy (non-hydrogen) atoms. The summed E-state index contributed by atoms with van der Waals surface area (Å²) in [6, 6.07) is 17.7. The number of hydrogen-bond donors (Lipinski definition) is 2. The molecule has 2 amide bonds. The largest absolute Gasteiger partial charge is 0.361 e. The Bertz CT molecular complexity index is 1630.